The zero-order chi connectivity index (χ0) is 14.0. The van der Waals surface area contributed by atoms with Gasteiger partial charge in [-0.15, -0.1) is 12.3 Å². The Kier molecular flexibility index (Phi) is 3.49. The first-order chi connectivity index (χ1) is 9.06. The quantitative estimate of drug-likeness (QED) is 0.500. The van der Waals surface area contributed by atoms with Gasteiger partial charge < -0.3 is 10.0 Å². The number of hydrogen-bond donors (Lipinski definition) is 1. The largest absolute Gasteiger partial charge is 0.392 e. The van der Waals surface area contributed by atoms with E-state index < -0.39 is 4.92 Å². The van der Waals surface area contributed by atoms with Crippen molar-refractivity contribution in [1.82, 2.24) is 0 Å². The number of rotatable bonds is 3. The third-order valence-electron chi connectivity index (χ3n) is 3.10. The molecule has 1 amide bonds. The maximum atomic E-state index is 11.9. The molecule has 1 atom stereocenters. The molecule has 1 aromatic rings. The van der Waals surface area contributed by atoms with Crippen LogP contribution in [0.25, 0.3) is 0 Å². The van der Waals surface area contributed by atoms with Gasteiger partial charge in [0.2, 0.25) is 5.91 Å². The molecule has 0 spiro atoms. The van der Waals surface area contributed by atoms with Gasteiger partial charge in [-0.05, 0) is 6.07 Å². The summed E-state index contributed by atoms with van der Waals surface area (Å²) in [6.45, 7) is 0.0291. The lowest BCUT2D eigenvalue weighted by atomic mass is 10.1. The molecule has 6 nitrogen and oxygen atoms in total. The number of aliphatic hydroxyl groups excluding tert-OH is 1. The minimum absolute atomic E-state index is 0.121. The van der Waals surface area contributed by atoms with Gasteiger partial charge in [0.25, 0.3) is 5.69 Å². The molecule has 0 aromatic heterocycles. The van der Waals surface area contributed by atoms with Crippen LogP contribution in [0.2, 0.25) is 0 Å². The molecule has 1 unspecified atom stereocenters. The molecule has 1 aromatic carbocycles. The second kappa shape index (κ2) is 5.08. The van der Waals surface area contributed by atoms with E-state index in [1.807, 2.05) is 0 Å². The number of amides is 1. The van der Waals surface area contributed by atoms with Crippen LogP contribution in [0.4, 0.5) is 11.4 Å². The van der Waals surface area contributed by atoms with Gasteiger partial charge in [-0.3, -0.25) is 14.9 Å². The molecule has 98 valence electrons. The van der Waals surface area contributed by atoms with Crippen LogP contribution >= 0.6 is 0 Å². The maximum absolute atomic E-state index is 11.9. The summed E-state index contributed by atoms with van der Waals surface area (Å²) in [5.41, 5.74) is 0.709. The standard InChI is InChI=1S/C13H12N2O4/c1-2-9-5-13(17)14(7-9)12-6-11(15(18)19)4-3-10(12)8-16/h1,3-4,6,9,16H,5,7-8H2. The summed E-state index contributed by atoms with van der Waals surface area (Å²) in [5, 5.41) is 20.0. The van der Waals surface area contributed by atoms with Crippen LogP contribution in [0.5, 0.6) is 0 Å². The fourth-order valence-corrected chi connectivity index (χ4v) is 2.10. The van der Waals surface area contributed by atoms with Crippen LogP contribution in [-0.2, 0) is 11.4 Å². The fourth-order valence-electron chi connectivity index (χ4n) is 2.10. The van der Waals surface area contributed by atoms with Gasteiger partial charge in [0.05, 0.1) is 17.2 Å². The predicted molar refractivity (Wildman–Crippen MR) is 68.3 cm³/mol. The summed E-state index contributed by atoms with van der Waals surface area (Å²) in [7, 11) is 0. The third-order valence-corrected chi connectivity index (χ3v) is 3.10. The van der Waals surface area contributed by atoms with E-state index in [-0.39, 0.29) is 30.5 Å². The average molecular weight is 260 g/mol. The highest BCUT2D eigenvalue weighted by molar-refractivity contribution is 5.97. The van der Waals surface area contributed by atoms with Gasteiger partial charge in [0.1, 0.15) is 0 Å². The van der Waals surface area contributed by atoms with E-state index in [0.717, 1.165) is 0 Å². The first-order valence-corrected chi connectivity index (χ1v) is 5.71. The highest BCUT2D eigenvalue weighted by atomic mass is 16.6. The van der Waals surface area contributed by atoms with Crippen molar-refractivity contribution in [2.45, 2.75) is 13.0 Å². The summed E-state index contributed by atoms with van der Waals surface area (Å²) in [6, 6.07) is 4.04. The van der Waals surface area contributed by atoms with Crippen molar-refractivity contribution < 1.29 is 14.8 Å². The first-order valence-electron chi connectivity index (χ1n) is 5.71. The molecule has 0 bridgehead atoms. The van der Waals surface area contributed by atoms with E-state index in [2.05, 4.69) is 5.92 Å². The smallest absolute Gasteiger partial charge is 0.271 e. The SMILES string of the molecule is C#CC1CC(=O)N(c2cc([N+](=O)[O-])ccc2CO)C1. The molecular weight excluding hydrogens is 248 g/mol. The number of terminal acetylenes is 1. The number of carbonyl (C=O) groups excluding carboxylic acids is 1. The lowest BCUT2D eigenvalue weighted by molar-refractivity contribution is -0.384. The Hall–Kier alpha value is -2.39. The normalized spacial score (nSPS) is 18.4. The van der Waals surface area contributed by atoms with Crippen LogP contribution in [0, 0.1) is 28.4 Å². The van der Waals surface area contributed by atoms with Crippen LogP contribution in [0.1, 0.15) is 12.0 Å². The molecule has 1 saturated heterocycles. The Morgan fingerprint density at radius 2 is 2.32 bits per heavy atom. The molecule has 0 saturated carbocycles. The zero-order valence-corrected chi connectivity index (χ0v) is 10.1. The van der Waals surface area contributed by atoms with Crippen molar-refractivity contribution in [3.8, 4) is 12.3 Å². The van der Waals surface area contributed by atoms with E-state index >= 15 is 0 Å². The number of non-ortho nitro benzene ring substituents is 1. The minimum Gasteiger partial charge on any atom is -0.392 e. The molecular formula is C13H12N2O4. The van der Waals surface area contributed by atoms with Gasteiger partial charge in [-0.1, -0.05) is 0 Å². The monoisotopic (exact) mass is 260 g/mol. The van der Waals surface area contributed by atoms with Gasteiger partial charge >= 0.3 is 0 Å². The Morgan fingerprint density at radius 1 is 1.58 bits per heavy atom. The van der Waals surface area contributed by atoms with Crippen LogP contribution in [-0.4, -0.2) is 22.5 Å². The van der Waals surface area contributed by atoms with Crippen LogP contribution in [0.15, 0.2) is 18.2 Å². The van der Waals surface area contributed by atoms with E-state index in [9.17, 15) is 20.0 Å². The minimum atomic E-state index is -0.538. The Balaban J connectivity index is 2.43. The second-order valence-electron chi connectivity index (χ2n) is 4.30. The lowest BCUT2D eigenvalue weighted by Gasteiger charge is -2.18. The van der Waals surface area contributed by atoms with E-state index in [4.69, 9.17) is 6.42 Å². The Bertz CT molecular complexity index is 576. The molecule has 1 aliphatic heterocycles. The molecule has 0 radical (unpaired) electrons. The molecule has 1 fully saturated rings. The van der Waals surface area contributed by atoms with Crippen LogP contribution in [0.3, 0.4) is 0 Å². The molecule has 2 rings (SSSR count). The molecule has 19 heavy (non-hydrogen) atoms. The second-order valence-corrected chi connectivity index (χ2v) is 4.30. The predicted octanol–water partition coefficient (Wildman–Crippen LogP) is 1.07. The van der Waals surface area contributed by atoms with Crippen molar-refractivity contribution in [3.05, 3.63) is 33.9 Å². The summed E-state index contributed by atoms with van der Waals surface area (Å²) in [4.78, 5) is 23.5. The third kappa shape index (κ3) is 2.41. The maximum Gasteiger partial charge on any atom is 0.271 e. The summed E-state index contributed by atoms with van der Waals surface area (Å²) in [5.74, 6) is 2.13. The Morgan fingerprint density at radius 3 is 2.84 bits per heavy atom. The topological polar surface area (TPSA) is 83.7 Å². The van der Waals surface area contributed by atoms with Gasteiger partial charge in [-0.2, -0.15) is 0 Å². The molecule has 6 heteroatoms. The molecule has 1 heterocycles. The first kappa shape index (κ1) is 13.1. The number of carbonyl (C=O) groups is 1. The highest BCUT2D eigenvalue weighted by Gasteiger charge is 2.31. The fraction of sp³-hybridized carbons (Fsp3) is 0.308. The van der Waals surface area contributed by atoms with Gasteiger partial charge in [0.15, 0.2) is 0 Å². The molecule has 1 N–H and O–H groups in total. The number of anilines is 1. The lowest BCUT2D eigenvalue weighted by Crippen LogP contribution is -2.25. The summed E-state index contributed by atoms with van der Waals surface area (Å²) < 4.78 is 0. The van der Waals surface area contributed by atoms with Gasteiger partial charge in [0, 0.05) is 36.6 Å². The van der Waals surface area contributed by atoms with Crippen molar-refractivity contribution in [3.63, 3.8) is 0 Å². The van der Waals surface area contributed by atoms with Gasteiger partial charge in [-0.25, -0.2) is 0 Å². The summed E-state index contributed by atoms with van der Waals surface area (Å²) in [6.07, 6.45) is 5.52. The van der Waals surface area contributed by atoms with Crippen molar-refractivity contribution in [1.29, 1.82) is 0 Å². The van der Waals surface area contributed by atoms with E-state index in [1.165, 1.54) is 23.1 Å². The van der Waals surface area contributed by atoms with Crippen molar-refractivity contribution in [2.75, 3.05) is 11.4 Å². The molecule has 0 aliphatic carbocycles. The number of hydrogen-bond acceptors (Lipinski definition) is 4. The average Bonchev–Trinajstić information content (AvgIpc) is 2.79. The number of nitro benzene ring substituents is 1. The Labute approximate surface area is 109 Å². The number of benzene rings is 1. The van der Waals surface area contributed by atoms with Crippen LogP contribution < -0.4 is 4.90 Å². The molecule has 1 aliphatic rings. The van der Waals surface area contributed by atoms with E-state index in [0.29, 0.717) is 17.8 Å². The highest BCUT2D eigenvalue weighted by Crippen LogP contribution is 2.31. The number of aliphatic hydroxyl groups is 1. The van der Waals surface area contributed by atoms with Crippen molar-refractivity contribution >= 4 is 17.3 Å². The zero-order valence-electron chi connectivity index (χ0n) is 10.1. The number of nitrogens with zero attached hydrogens (tertiary/aromatic N) is 2. The van der Waals surface area contributed by atoms with Crippen molar-refractivity contribution in [2.24, 2.45) is 5.92 Å². The summed E-state index contributed by atoms with van der Waals surface area (Å²) >= 11 is 0. The van der Waals surface area contributed by atoms with E-state index in [1.54, 1.807) is 0 Å². The number of nitro groups is 1.